The van der Waals surface area contributed by atoms with Crippen LogP contribution in [-0.4, -0.2) is 20.8 Å². The Hall–Kier alpha value is -2.11. The summed E-state index contributed by atoms with van der Waals surface area (Å²) < 4.78 is 6.93. The lowest BCUT2D eigenvalue weighted by molar-refractivity contribution is -0.116. The zero-order valence-corrected chi connectivity index (χ0v) is 12.8. The van der Waals surface area contributed by atoms with Crippen molar-refractivity contribution in [2.75, 3.05) is 5.32 Å². The predicted molar refractivity (Wildman–Crippen MR) is 80.1 cm³/mol. The lowest BCUT2D eigenvalue weighted by Gasteiger charge is -2.08. The molecule has 21 heavy (non-hydrogen) atoms. The van der Waals surface area contributed by atoms with E-state index < -0.39 is 0 Å². The van der Waals surface area contributed by atoms with Crippen LogP contribution in [0.3, 0.4) is 0 Å². The van der Waals surface area contributed by atoms with E-state index in [0.717, 1.165) is 42.2 Å². The smallest absolute Gasteiger partial charge is 0.225 e. The molecule has 1 amide bonds. The molecule has 0 bridgehead atoms. The summed E-state index contributed by atoms with van der Waals surface area (Å²) in [6.07, 6.45) is 4.89. The Labute approximate surface area is 124 Å². The molecule has 0 aliphatic heterocycles. The molecule has 0 saturated carbocycles. The van der Waals surface area contributed by atoms with Crippen LogP contribution >= 0.6 is 0 Å². The van der Waals surface area contributed by atoms with E-state index in [1.54, 1.807) is 6.20 Å². The van der Waals surface area contributed by atoms with Gasteiger partial charge in [-0.3, -0.25) is 4.79 Å². The number of aromatic nitrogens is 3. The quantitative estimate of drug-likeness (QED) is 0.851. The van der Waals surface area contributed by atoms with Crippen molar-refractivity contribution in [2.24, 2.45) is 0 Å². The van der Waals surface area contributed by atoms with Gasteiger partial charge in [-0.05, 0) is 26.7 Å². The number of rotatable bonds is 7. The van der Waals surface area contributed by atoms with Crippen LogP contribution in [0.1, 0.15) is 43.2 Å². The number of carbonyl (C=O) groups is 1. The summed E-state index contributed by atoms with van der Waals surface area (Å²) in [4.78, 5) is 12.1. The maximum absolute atomic E-state index is 12.1. The van der Waals surface area contributed by atoms with Gasteiger partial charge in [-0.1, -0.05) is 18.5 Å². The van der Waals surface area contributed by atoms with Gasteiger partial charge in [-0.15, -0.1) is 0 Å². The molecule has 0 saturated heterocycles. The molecule has 2 heterocycles. The fraction of sp³-hybridized carbons (Fsp3) is 0.533. The highest BCUT2D eigenvalue weighted by Gasteiger charge is 2.12. The molecule has 0 unspecified atom stereocenters. The lowest BCUT2D eigenvalue weighted by atomic mass is 10.1. The third kappa shape index (κ3) is 3.93. The normalized spacial score (nSPS) is 10.8. The van der Waals surface area contributed by atoms with Gasteiger partial charge in [0.05, 0.1) is 11.9 Å². The summed E-state index contributed by atoms with van der Waals surface area (Å²) in [6.45, 7) is 6.71. The molecule has 0 spiro atoms. The minimum Gasteiger partial charge on any atom is -0.361 e. The van der Waals surface area contributed by atoms with Crippen molar-refractivity contribution in [3.63, 3.8) is 0 Å². The molecule has 0 aliphatic carbocycles. The maximum Gasteiger partial charge on any atom is 0.225 e. The van der Waals surface area contributed by atoms with E-state index in [2.05, 4.69) is 22.5 Å². The molecule has 114 valence electrons. The van der Waals surface area contributed by atoms with Crippen LogP contribution in [0.25, 0.3) is 0 Å². The number of nitrogens with zero attached hydrogens (tertiary/aromatic N) is 3. The third-order valence-electron chi connectivity index (χ3n) is 3.49. The molecule has 2 rings (SSSR count). The third-order valence-corrected chi connectivity index (χ3v) is 3.49. The van der Waals surface area contributed by atoms with Crippen LogP contribution in [0, 0.1) is 13.8 Å². The van der Waals surface area contributed by atoms with Crippen molar-refractivity contribution < 1.29 is 9.32 Å². The van der Waals surface area contributed by atoms with Gasteiger partial charge in [0.15, 0.2) is 0 Å². The first-order chi connectivity index (χ1) is 10.1. The van der Waals surface area contributed by atoms with Gasteiger partial charge in [0.25, 0.3) is 0 Å². The molecule has 2 aromatic heterocycles. The van der Waals surface area contributed by atoms with E-state index in [1.807, 2.05) is 24.6 Å². The summed E-state index contributed by atoms with van der Waals surface area (Å²) in [5.41, 5.74) is 1.87. The van der Waals surface area contributed by atoms with Crippen molar-refractivity contribution in [1.82, 2.24) is 14.9 Å². The highest BCUT2D eigenvalue weighted by Crippen LogP contribution is 2.15. The Morgan fingerprint density at radius 3 is 2.90 bits per heavy atom. The fourth-order valence-electron chi connectivity index (χ4n) is 2.23. The SMILES string of the molecule is CCCCn1nccc1NC(=O)CCc1c(C)noc1C. The second kappa shape index (κ2) is 7.06. The number of aryl methyl sites for hydroxylation is 3. The predicted octanol–water partition coefficient (Wildman–Crippen LogP) is 2.86. The molecule has 6 heteroatoms. The number of carbonyl (C=O) groups excluding carboxylic acids is 1. The van der Waals surface area contributed by atoms with Gasteiger partial charge in [-0.25, -0.2) is 4.68 Å². The van der Waals surface area contributed by atoms with E-state index in [0.29, 0.717) is 12.8 Å². The topological polar surface area (TPSA) is 73.0 Å². The van der Waals surface area contributed by atoms with Gasteiger partial charge in [0, 0.05) is 24.6 Å². The highest BCUT2D eigenvalue weighted by molar-refractivity contribution is 5.89. The zero-order valence-electron chi connectivity index (χ0n) is 12.8. The van der Waals surface area contributed by atoms with Crippen molar-refractivity contribution in [3.8, 4) is 0 Å². The summed E-state index contributed by atoms with van der Waals surface area (Å²) in [6, 6.07) is 1.82. The summed E-state index contributed by atoms with van der Waals surface area (Å²) in [7, 11) is 0. The van der Waals surface area contributed by atoms with Gasteiger partial charge in [0.2, 0.25) is 5.91 Å². The molecule has 0 atom stereocenters. The van der Waals surface area contributed by atoms with Gasteiger partial charge in [-0.2, -0.15) is 5.10 Å². The molecule has 6 nitrogen and oxygen atoms in total. The van der Waals surface area contributed by atoms with E-state index in [1.165, 1.54) is 0 Å². The van der Waals surface area contributed by atoms with Crippen LogP contribution in [0.15, 0.2) is 16.8 Å². The van der Waals surface area contributed by atoms with Gasteiger partial charge < -0.3 is 9.84 Å². The first-order valence-corrected chi connectivity index (χ1v) is 7.35. The van der Waals surface area contributed by atoms with E-state index in [9.17, 15) is 4.79 Å². The largest absolute Gasteiger partial charge is 0.361 e. The molecule has 2 aromatic rings. The Bertz CT molecular complexity index is 581. The molecular formula is C15H22N4O2. The minimum absolute atomic E-state index is 0.0201. The van der Waals surface area contributed by atoms with Gasteiger partial charge >= 0.3 is 0 Å². The number of amides is 1. The number of hydrogen-bond donors (Lipinski definition) is 1. The van der Waals surface area contributed by atoms with Crippen LogP contribution in [0.5, 0.6) is 0 Å². The van der Waals surface area contributed by atoms with Gasteiger partial charge in [0.1, 0.15) is 11.6 Å². The summed E-state index contributed by atoms with van der Waals surface area (Å²) in [5, 5.41) is 11.0. The van der Waals surface area contributed by atoms with Crippen molar-refractivity contribution >= 4 is 11.7 Å². The monoisotopic (exact) mass is 290 g/mol. The average Bonchev–Trinajstić information content (AvgIpc) is 3.02. The molecule has 0 fully saturated rings. The molecule has 1 N–H and O–H groups in total. The second-order valence-electron chi connectivity index (χ2n) is 5.14. The minimum atomic E-state index is -0.0201. The molecule has 0 radical (unpaired) electrons. The first-order valence-electron chi connectivity index (χ1n) is 7.35. The molecule has 0 aromatic carbocycles. The Balaban J connectivity index is 1.89. The molecular weight excluding hydrogens is 268 g/mol. The van der Waals surface area contributed by atoms with E-state index in [-0.39, 0.29) is 5.91 Å². The van der Waals surface area contributed by atoms with Crippen LogP contribution in [-0.2, 0) is 17.8 Å². The number of hydrogen-bond acceptors (Lipinski definition) is 4. The fourth-order valence-corrected chi connectivity index (χ4v) is 2.23. The van der Waals surface area contributed by atoms with Crippen molar-refractivity contribution in [3.05, 3.63) is 29.3 Å². The number of unbranched alkanes of at least 4 members (excludes halogenated alkanes) is 1. The lowest BCUT2D eigenvalue weighted by Crippen LogP contribution is -2.16. The average molecular weight is 290 g/mol. The van der Waals surface area contributed by atoms with Crippen molar-refractivity contribution in [1.29, 1.82) is 0 Å². The molecule has 0 aliphatic rings. The summed E-state index contributed by atoms with van der Waals surface area (Å²) in [5.74, 6) is 1.52. The van der Waals surface area contributed by atoms with E-state index >= 15 is 0 Å². The first kappa shape index (κ1) is 15.3. The zero-order chi connectivity index (χ0) is 15.2. The summed E-state index contributed by atoms with van der Waals surface area (Å²) >= 11 is 0. The standard InChI is InChI=1S/C15H22N4O2/c1-4-5-10-19-14(8-9-16-19)17-15(20)7-6-13-11(2)18-21-12(13)3/h8-9H,4-7,10H2,1-3H3,(H,17,20). The highest BCUT2D eigenvalue weighted by atomic mass is 16.5. The Morgan fingerprint density at radius 1 is 1.43 bits per heavy atom. The van der Waals surface area contributed by atoms with Crippen molar-refractivity contribution in [2.45, 2.75) is 53.0 Å². The van der Waals surface area contributed by atoms with E-state index in [4.69, 9.17) is 4.52 Å². The van der Waals surface area contributed by atoms with Crippen LogP contribution < -0.4 is 5.32 Å². The number of nitrogens with one attached hydrogen (secondary N) is 1. The Kier molecular flexibility index (Phi) is 5.14. The second-order valence-corrected chi connectivity index (χ2v) is 5.14. The Morgan fingerprint density at radius 2 is 2.24 bits per heavy atom. The van der Waals surface area contributed by atoms with Crippen LogP contribution in [0.4, 0.5) is 5.82 Å². The maximum atomic E-state index is 12.1. The van der Waals surface area contributed by atoms with Crippen LogP contribution in [0.2, 0.25) is 0 Å². The number of anilines is 1.